The van der Waals surface area contributed by atoms with E-state index in [4.69, 9.17) is 9.47 Å². The monoisotopic (exact) mass is 162 g/mol. The Morgan fingerprint density at radius 1 is 1.00 bits per heavy atom. The normalized spacial score (nSPS) is 24.9. The fraction of sp³-hybridized carbons (Fsp3) is 0.600. The Balaban J connectivity index is 2.17. The van der Waals surface area contributed by atoms with Crippen LogP contribution >= 0.6 is 23.5 Å². The van der Waals surface area contributed by atoms with Crippen LogP contribution in [-0.2, 0) is 9.47 Å². The van der Waals surface area contributed by atoms with Crippen molar-refractivity contribution in [3.63, 3.8) is 0 Å². The standard InChI is InChI=1S/C5H6O2S2/c1-2-7-5-4(6-1)8-3-9-5/h1-3H2. The Labute approximate surface area is 62.0 Å². The largest absolute Gasteiger partial charge is 0.480 e. The molecule has 0 fully saturated rings. The van der Waals surface area contributed by atoms with E-state index in [0.29, 0.717) is 13.2 Å². The first kappa shape index (κ1) is 5.80. The molecule has 0 amide bonds. The predicted molar refractivity (Wildman–Crippen MR) is 39.0 cm³/mol. The number of hydrogen-bond donors (Lipinski definition) is 0. The van der Waals surface area contributed by atoms with Crippen molar-refractivity contribution in [3.8, 4) is 0 Å². The first-order valence-electron chi connectivity index (χ1n) is 2.72. The van der Waals surface area contributed by atoms with Gasteiger partial charge in [0.05, 0.1) is 5.08 Å². The fourth-order valence-corrected chi connectivity index (χ4v) is 2.86. The minimum absolute atomic E-state index is 0.715. The summed E-state index contributed by atoms with van der Waals surface area (Å²) in [6.45, 7) is 1.43. The van der Waals surface area contributed by atoms with Crippen molar-refractivity contribution < 1.29 is 9.47 Å². The molecule has 4 heteroatoms. The molecule has 2 nitrogen and oxygen atoms in total. The molecule has 0 radical (unpaired) electrons. The molecule has 0 spiro atoms. The summed E-state index contributed by atoms with van der Waals surface area (Å²) < 4.78 is 10.6. The first-order valence-corrected chi connectivity index (χ1v) is 4.69. The van der Waals surface area contributed by atoms with E-state index in [1.807, 2.05) is 0 Å². The third kappa shape index (κ3) is 1.01. The summed E-state index contributed by atoms with van der Waals surface area (Å²) >= 11 is 3.44. The zero-order valence-corrected chi connectivity index (χ0v) is 6.39. The third-order valence-corrected chi connectivity index (χ3v) is 3.30. The maximum atomic E-state index is 5.30. The molecule has 0 aromatic heterocycles. The topological polar surface area (TPSA) is 18.5 Å². The van der Waals surface area contributed by atoms with Gasteiger partial charge < -0.3 is 9.47 Å². The van der Waals surface area contributed by atoms with Gasteiger partial charge in [-0.25, -0.2) is 0 Å². The molecule has 0 aromatic rings. The highest BCUT2D eigenvalue weighted by molar-refractivity contribution is 8.22. The van der Waals surface area contributed by atoms with Crippen LogP contribution in [0.15, 0.2) is 10.2 Å². The molecular weight excluding hydrogens is 156 g/mol. The van der Waals surface area contributed by atoms with E-state index in [1.165, 1.54) is 0 Å². The lowest BCUT2D eigenvalue weighted by Crippen LogP contribution is -2.08. The van der Waals surface area contributed by atoms with Crippen LogP contribution in [0.5, 0.6) is 0 Å². The van der Waals surface area contributed by atoms with Crippen molar-refractivity contribution >= 4 is 23.5 Å². The van der Waals surface area contributed by atoms with Crippen molar-refractivity contribution in [1.29, 1.82) is 0 Å². The van der Waals surface area contributed by atoms with E-state index >= 15 is 0 Å². The highest BCUT2D eigenvalue weighted by Crippen LogP contribution is 2.41. The molecule has 0 unspecified atom stereocenters. The van der Waals surface area contributed by atoms with Crippen LogP contribution < -0.4 is 0 Å². The molecule has 9 heavy (non-hydrogen) atoms. The van der Waals surface area contributed by atoms with Gasteiger partial charge in [-0.05, 0) is 0 Å². The van der Waals surface area contributed by atoms with Gasteiger partial charge in [0, 0.05) is 0 Å². The summed E-state index contributed by atoms with van der Waals surface area (Å²) in [6, 6.07) is 0. The Morgan fingerprint density at radius 3 is 2.11 bits per heavy atom. The lowest BCUT2D eigenvalue weighted by molar-refractivity contribution is 0.0949. The molecule has 2 heterocycles. The molecule has 0 bridgehead atoms. The molecule has 2 aliphatic rings. The third-order valence-electron chi connectivity index (χ3n) is 1.10. The SMILES string of the molecule is C1COC2=C(O1)SCS2. The summed E-state index contributed by atoms with van der Waals surface area (Å²) in [5, 5.41) is 3.03. The van der Waals surface area contributed by atoms with Gasteiger partial charge in [0.2, 0.25) is 10.2 Å². The molecule has 0 saturated heterocycles. The molecule has 0 aromatic carbocycles. The van der Waals surface area contributed by atoms with Gasteiger partial charge in [-0.15, -0.1) is 0 Å². The summed E-state index contributed by atoms with van der Waals surface area (Å²) in [6.07, 6.45) is 0. The number of rotatable bonds is 0. The molecule has 50 valence electrons. The van der Waals surface area contributed by atoms with Crippen molar-refractivity contribution in [2.45, 2.75) is 0 Å². The maximum Gasteiger partial charge on any atom is 0.203 e. The Bertz CT molecular complexity index is 139. The van der Waals surface area contributed by atoms with E-state index in [1.54, 1.807) is 23.5 Å². The number of hydrogen-bond acceptors (Lipinski definition) is 4. The molecule has 0 N–H and O–H groups in total. The number of ether oxygens (including phenoxy) is 2. The maximum absolute atomic E-state index is 5.30. The average molecular weight is 162 g/mol. The lowest BCUT2D eigenvalue weighted by atomic mass is 10.7. The second-order valence-electron chi connectivity index (χ2n) is 1.68. The summed E-state index contributed by atoms with van der Waals surface area (Å²) in [5.74, 6) is 0. The van der Waals surface area contributed by atoms with Gasteiger partial charge in [-0.2, -0.15) is 0 Å². The molecule has 0 saturated carbocycles. The molecule has 0 atom stereocenters. The Hall–Kier alpha value is 0.0400. The van der Waals surface area contributed by atoms with Crippen LogP contribution in [0.4, 0.5) is 0 Å². The van der Waals surface area contributed by atoms with Gasteiger partial charge in [0.25, 0.3) is 0 Å². The smallest absolute Gasteiger partial charge is 0.203 e. The van der Waals surface area contributed by atoms with Gasteiger partial charge >= 0.3 is 0 Å². The summed E-state index contributed by atoms with van der Waals surface area (Å²) in [5.41, 5.74) is 0. The van der Waals surface area contributed by atoms with E-state index in [9.17, 15) is 0 Å². The zero-order chi connectivity index (χ0) is 6.10. The summed E-state index contributed by atoms with van der Waals surface area (Å²) in [7, 11) is 0. The number of thioether (sulfide) groups is 2. The van der Waals surface area contributed by atoms with E-state index in [-0.39, 0.29) is 0 Å². The highest BCUT2D eigenvalue weighted by Gasteiger charge is 2.22. The van der Waals surface area contributed by atoms with Gasteiger partial charge in [0.1, 0.15) is 13.2 Å². The molecule has 0 aliphatic carbocycles. The van der Waals surface area contributed by atoms with E-state index in [0.717, 1.165) is 15.3 Å². The predicted octanol–water partition coefficient (Wildman–Crippen LogP) is 1.60. The van der Waals surface area contributed by atoms with Gasteiger partial charge in [-0.1, -0.05) is 23.5 Å². The average Bonchev–Trinajstić information content (AvgIpc) is 2.33. The van der Waals surface area contributed by atoms with Gasteiger partial charge in [0.15, 0.2) is 0 Å². The second kappa shape index (κ2) is 2.34. The van der Waals surface area contributed by atoms with Crippen LogP contribution in [0.3, 0.4) is 0 Å². The summed E-state index contributed by atoms with van der Waals surface area (Å²) in [4.78, 5) is 0. The zero-order valence-electron chi connectivity index (χ0n) is 4.75. The molecular formula is C5H6O2S2. The van der Waals surface area contributed by atoms with Crippen LogP contribution in [0.2, 0.25) is 0 Å². The van der Waals surface area contributed by atoms with Crippen molar-refractivity contribution in [1.82, 2.24) is 0 Å². The second-order valence-corrected chi connectivity index (χ2v) is 3.94. The minimum Gasteiger partial charge on any atom is -0.480 e. The van der Waals surface area contributed by atoms with Crippen molar-refractivity contribution in [2.75, 3.05) is 18.3 Å². The Morgan fingerprint density at radius 2 is 1.56 bits per heavy atom. The quantitative estimate of drug-likeness (QED) is 0.538. The van der Waals surface area contributed by atoms with Crippen molar-refractivity contribution in [2.24, 2.45) is 0 Å². The molecule has 2 rings (SSSR count). The van der Waals surface area contributed by atoms with Crippen molar-refractivity contribution in [3.05, 3.63) is 10.2 Å². The fourth-order valence-electron chi connectivity index (χ4n) is 0.724. The lowest BCUT2D eigenvalue weighted by Gasteiger charge is -2.14. The van der Waals surface area contributed by atoms with Crippen LogP contribution in [0.1, 0.15) is 0 Å². The highest BCUT2D eigenvalue weighted by atomic mass is 32.2. The molecule has 2 aliphatic heterocycles. The Kier molecular flexibility index (Phi) is 1.51. The van der Waals surface area contributed by atoms with E-state index in [2.05, 4.69) is 0 Å². The van der Waals surface area contributed by atoms with Crippen LogP contribution in [0.25, 0.3) is 0 Å². The minimum atomic E-state index is 0.715. The first-order chi connectivity index (χ1) is 4.47. The van der Waals surface area contributed by atoms with Crippen LogP contribution in [0, 0.1) is 0 Å². The van der Waals surface area contributed by atoms with E-state index < -0.39 is 0 Å². The van der Waals surface area contributed by atoms with Gasteiger partial charge in [-0.3, -0.25) is 0 Å². The van der Waals surface area contributed by atoms with Crippen LogP contribution in [-0.4, -0.2) is 18.3 Å².